The molecule has 0 radical (unpaired) electrons. The van der Waals surface area contributed by atoms with Crippen LogP contribution in [0.25, 0.3) is 0 Å². The minimum absolute atomic E-state index is 0.00633. The average Bonchev–Trinajstić information content (AvgIpc) is 2.71. The Balaban J connectivity index is 1.34. The van der Waals surface area contributed by atoms with Gasteiger partial charge in [-0.05, 0) is 86.8 Å². The highest BCUT2D eigenvalue weighted by Crippen LogP contribution is 2.61. The third kappa shape index (κ3) is 4.37. The van der Waals surface area contributed by atoms with E-state index in [9.17, 15) is 18.0 Å². The van der Waals surface area contributed by atoms with Crippen molar-refractivity contribution in [2.24, 2.45) is 23.2 Å². The topological polar surface area (TPSA) is 92.8 Å². The standard InChI is InChI=1S/C23H32N2O5S/c1-15(23-11-16-7-17(12-23)9-18(8-16)13-23)24-21(26)14-30-22(27)19-5-4-6-20(10-19)31(28,29)25(2)3/h4-6,10,15-18H,7-9,11-14H2,1-3H3,(H,24,26). The highest BCUT2D eigenvalue weighted by Gasteiger charge is 2.53. The lowest BCUT2D eigenvalue weighted by atomic mass is 9.48. The van der Waals surface area contributed by atoms with Gasteiger partial charge in [0.15, 0.2) is 6.61 Å². The zero-order valence-electron chi connectivity index (χ0n) is 18.5. The van der Waals surface area contributed by atoms with Crippen molar-refractivity contribution in [3.8, 4) is 0 Å². The first-order chi connectivity index (χ1) is 14.6. The second kappa shape index (κ2) is 8.20. The van der Waals surface area contributed by atoms with Gasteiger partial charge in [-0.1, -0.05) is 6.07 Å². The van der Waals surface area contributed by atoms with Crippen LogP contribution in [-0.4, -0.2) is 51.3 Å². The van der Waals surface area contributed by atoms with E-state index in [1.807, 2.05) is 0 Å². The second-order valence-electron chi connectivity index (χ2n) is 9.96. The first-order valence-electron chi connectivity index (χ1n) is 11.1. The first-order valence-corrected chi connectivity index (χ1v) is 12.5. The van der Waals surface area contributed by atoms with Crippen LogP contribution in [0.5, 0.6) is 0 Å². The fourth-order valence-electron chi connectivity index (χ4n) is 6.35. The van der Waals surface area contributed by atoms with Crippen LogP contribution >= 0.6 is 0 Å². The van der Waals surface area contributed by atoms with Gasteiger partial charge >= 0.3 is 5.97 Å². The number of nitrogens with one attached hydrogen (secondary N) is 1. The minimum atomic E-state index is -3.66. The Kier molecular flexibility index (Phi) is 5.89. The van der Waals surface area contributed by atoms with Crippen molar-refractivity contribution < 1.29 is 22.7 Å². The highest BCUT2D eigenvalue weighted by molar-refractivity contribution is 7.89. The number of hydrogen-bond acceptors (Lipinski definition) is 5. The number of nitrogens with zero attached hydrogens (tertiary/aromatic N) is 1. The number of benzene rings is 1. The Morgan fingerprint density at radius 2 is 1.71 bits per heavy atom. The molecule has 1 aromatic rings. The zero-order valence-corrected chi connectivity index (χ0v) is 19.3. The van der Waals surface area contributed by atoms with E-state index in [2.05, 4.69) is 12.2 Å². The molecule has 4 fully saturated rings. The molecule has 1 unspecified atom stereocenters. The maximum atomic E-state index is 12.5. The summed E-state index contributed by atoms with van der Waals surface area (Å²) >= 11 is 0. The molecule has 4 saturated carbocycles. The van der Waals surface area contributed by atoms with E-state index in [0.717, 1.165) is 22.1 Å². The van der Waals surface area contributed by atoms with Crippen LogP contribution in [0, 0.1) is 23.2 Å². The smallest absolute Gasteiger partial charge is 0.338 e. The van der Waals surface area contributed by atoms with Crippen LogP contribution in [0.4, 0.5) is 0 Å². The summed E-state index contributed by atoms with van der Waals surface area (Å²) in [4.78, 5) is 24.9. The molecule has 4 bridgehead atoms. The molecule has 0 saturated heterocycles. The maximum absolute atomic E-state index is 12.5. The molecule has 0 aliphatic heterocycles. The van der Waals surface area contributed by atoms with E-state index < -0.39 is 16.0 Å². The molecule has 0 aromatic heterocycles. The lowest BCUT2D eigenvalue weighted by molar-refractivity contribution is -0.128. The maximum Gasteiger partial charge on any atom is 0.338 e. The summed E-state index contributed by atoms with van der Waals surface area (Å²) in [7, 11) is -0.804. The van der Waals surface area contributed by atoms with Crippen LogP contribution in [-0.2, 0) is 19.6 Å². The Bertz CT molecular complexity index is 937. The largest absolute Gasteiger partial charge is 0.452 e. The third-order valence-electron chi connectivity index (χ3n) is 7.56. The number of ether oxygens (including phenoxy) is 1. The van der Waals surface area contributed by atoms with Crippen molar-refractivity contribution in [3.05, 3.63) is 29.8 Å². The van der Waals surface area contributed by atoms with Gasteiger partial charge in [0.1, 0.15) is 0 Å². The summed E-state index contributed by atoms with van der Waals surface area (Å²) in [5, 5.41) is 3.08. The molecule has 8 heteroatoms. The number of hydrogen-bond donors (Lipinski definition) is 1. The summed E-state index contributed by atoms with van der Waals surface area (Å²) < 4.78 is 30.8. The van der Waals surface area contributed by atoms with E-state index >= 15 is 0 Å². The van der Waals surface area contributed by atoms with Crippen molar-refractivity contribution in [2.45, 2.75) is 56.4 Å². The molecule has 1 amide bonds. The Hall–Kier alpha value is -1.93. The molecule has 7 nitrogen and oxygen atoms in total. The Morgan fingerprint density at radius 1 is 1.13 bits per heavy atom. The Labute approximate surface area is 184 Å². The van der Waals surface area contributed by atoms with E-state index in [1.54, 1.807) is 0 Å². The van der Waals surface area contributed by atoms with Crippen molar-refractivity contribution >= 4 is 21.9 Å². The number of rotatable bonds is 7. The fourth-order valence-corrected chi connectivity index (χ4v) is 7.30. The highest BCUT2D eigenvalue weighted by atomic mass is 32.2. The van der Waals surface area contributed by atoms with Crippen molar-refractivity contribution in [3.63, 3.8) is 0 Å². The number of carbonyl (C=O) groups excluding carboxylic acids is 2. The molecule has 0 heterocycles. The minimum Gasteiger partial charge on any atom is -0.452 e. The summed E-state index contributed by atoms with van der Waals surface area (Å²) in [5.74, 6) is 1.37. The lowest BCUT2D eigenvalue weighted by Gasteiger charge is -2.59. The molecule has 1 aromatic carbocycles. The van der Waals surface area contributed by atoms with Crippen LogP contribution in [0.3, 0.4) is 0 Å². The van der Waals surface area contributed by atoms with Gasteiger partial charge in [-0.3, -0.25) is 4.79 Å². The van der Waals surface area contributed by atoms with Gasteiger partial charge < -0.3 is 10.1 Å². The molecule has 4 aliphatic rings. The quantitative estimate of drug-likeness (QED) is 0.648. The molecular formula is C23H32N2O5S. The van der Waals surface area contributed by atoms with Gasteiger partial charge in [0.05, 0.1) is 10.5 Å². The Morgan fingerprint density at radius 3 is 2.26 bits per heavy atom. The van der Waals surface area contributed by atoms with E-state index in [0.29, 0.717) is 0 Å². The number of carbonyl (C=O) groups is 2. The van der Waals surface area contributed by atoms with Gasteiger partial charge in [-0.2, -0.15) is 0 Å². The molecule has 170 valence electrons. The van der Waals surface area contributed by atoms with Crippen molar-refractivity contribution in [2.75, 3.05) is 20.7 Å². The summed E-state index contributed by atoms with van der Waals surface area (Å²) in [6.45, 7) is 1.71. The number of amides is 1. The summed E-state index contributed by atoms with van der Waals surface area (Å²) in [6, 6.07) is 5.72. The van der Waals surface area contributed by atoms with Crippen molar-refractivity contribution in [1.29, 1.82) is 0 Å². The third-order valence-corrected chi connectivity index (χ3v) is 9.38. The number of sulfonamides is 1. The van der Waals surface area contributed by atoms with Crippen molar-refractivity contribution in [1.82, 2.24) is 9.62 Å². The molecule has 4 aliphatic carbocycles. The van der Waals surface area contributed by atoms with E-state index in [-0.39, 0.29) is 34.4 Å². The molecular weight excluding hydrogens is 416 g/mol. The molecule has 31 heavy (non-hydrogen) atoms. The molecule has 0 spiro atoms. The first kappa shape index (κ1) is 22.3. The molecule has 5 rings (SSSR count). The fraction of sp³-hybridized carbons (Fsp3) is 0.652. The van der Waals surface area contributed by atoms with Gasteiger partial charge in [-0.15, -0.1) is 0 Å². The van der Waals surface area contributed by atoms with Crippen LogP contribution in [0.1, 0.15) is 55.8 Å². The van der Waals surface area contributed by atoms with Crippen LogP contribution < -0.4 is 5.32 Å². The van der Waals surface area contributed by atoms with Crippen LogP contribution in [0.2, 0.25) is 0 Å². The summed E-state index contributed by atoms with van der Waals surface area (Å²) in [5.41, 5.74) is 0.286. The SMILES string of the molecule is CC(NC(=O)COC(=O)c1cccc(S(=O)(=O)N(C)C)c1)C12CC3CC(CC(C3)C1)C2. The monoisotopic (exact) mass is 448 g/mol. The number of esters is 1. The predicted octanol–water partition coefficient (Wildman–Crippen LogP) is 2.81. The van der Waals surface area contributed by atoms with Gasteiger partial charge in [-0.25, -0.2) is 17.5 Å². The van der Waals surface area contributed by atoms with E-state index in [1.165, 1.54) is 76.9 Å². The van der Waals surface area contributed by atoms with Crippen LogP contribution in [0.15, 0.2) is 29.2 Å². The summed E-state index contributed by atoms with van der Waals surface area (Å²) in [6.07, 6.45) is 7.61. The van der Waals surface area contributed by atoms with E-state index in [4.69, 9.17) is 4.74 Å². The molecule has 1 N–H and O–H groups in total. The average molecular weight is 449 g/mol. The van der Waals surface area contributed by atoms with Gasteiger partial charge in [0, 0.05) is 20.1 Å². The van der Waals surface area contributed by atoms with Gasteiger partial charge in [0.2, 0.25) is 10.0 Å². The lowest BCUT2D eigenvalue weighted by Crippen LogP contribution is -2.56. The second-order valence-corrected chi connectivity index (χ2v) is 12.1. The molecule has 1 atom stereocenters. The normalized spacial score (nSPS) is 30.3. The predicted molar refractivity (Wildman–Crippen MR) is 116 cm³/mol. The van der Waals surface area contributed by atoms with Gasteiger partial charge in [0.25, 0.3) is 5.91 Å². The zero-order chi connectivity index (χ0) is 22.4.